The molecular weight excluding hydrogens is 330 g/mol. The molecule has 0 aromatic heterocycles. The monoisotopic (exact) mass is 359 g/mol. The van der Waals surface area contributed by atoms with Gasteiger partial charge in [-0.05, 0) is 23.6 Å². The third-order valence-corrected chi connectivity index (χ3v) is 5.22. The molecule has 6 nitrogen and oxygen atoms in total. The molecule has 26 heavy (non-hydrogen) atoms. The number of anilines is 1. The maximum absolute atomic E-state index is 12.5. The quantitative estimate of drug-likeness (QED) is 0.843. The first-order valence-electron chi connectivity index (χ1n) is 9.51. The Labute approximate surface area is 155 Å². The maximum Gasteiger partial charge on any atom is 0.229 e. The van der Waals surface area contributed by atoms with Gasteiger partial charge in [0.2, 0.25) is 11.8 Å². The lowest BCUT2D eigenvalue weighted by Crippen LogP contribution is -2.42. The van der Waals surface area contributed by atoms with Crippen LogP contribution in [0.4, 0.5) is 5.69 Å². The van der Waals surface area contributed by atoms with Gasteiger partial charge in [-0.3, -0.25) is 14.5 Å². The molecule has 2 amide bonds. The number of morpholine rings is 1. The van der Waals surface area contributed by atoms with Crippen LogP contribution in [0.15, 0.2) is 24.3 Å². The maximum atomic E-state index is 12.5. The van der Waals surface area contributed by atoms with Gasteiger partial charge in [-0.2, -0.15) is 0 Å². The van der Waals surface area contributed by atoms with Crippen LogP contribution < -0.4 is 5.32 Å². The number of nitrogens with zero attached hydrogens (tertiary/aromatic N) is 2. The van der Waals surface area contributed by atoms with E-state index in [-0.39, 0.29) is 17.7 Å². The fourth-order valence-electron chi connectivity index (χ4n) is 3.45. The largest absolute Gasteiger partial charge is 0.379 e. The van der Waals surface area contributed by atoms with Crippen LogP contribution in [-0.2, 0) is 14.3 Å². The highest BCUT2D eigenvalue weighted by atomic mass is 16.5. The predicted molar refractivity (Wildman–Crippen MR) is 101 cm³/mol. The number of nitrogens with one attached hydrogen (secondary N) is 1. The third kappa shape index (κ3) is 4.83. The Balaban J connectivity index is 1.48. The minimum absolute atomic E-state index is 0.0653. The van der Waals surface area contributed by atoms with Gasteiger partial charge in [-0.1, -0.05) is 26.0 Å². The number of carbonyl (C=O) groups is 2. The van der Waals surface area contributed by atoms with E-state index in [1.807, 2.05) is 29.2 Å². The summed E-state index contributed by atoms with van der Waals surface area (Å²) in [6.07, 6.45) is 0.305. The van der Waals surface area contributed by atoms with Gasteiger partial charge in [-0.15, -0.1) is 0 Å². The lowest BCUT2D eigenvalue weighted by molar-refractivity contribution is -0.128. The van der Waals surface area contributed by atoms with Crippen molar-refractivity contribution in [1.82, 2.24) is 9.80 Å². The third-order valence-electron chi connectivity index (χ3n) is 5.22. The second kappa shape index (κ2) is 8.64. The van der Waals surface area contributed by atoms with E-state index in [4.69, 9.17) is 4.74 Å². The Hall–Kier alpha value is -1.92. The topological polar surface area (TPSA) is 61.9 Å². The molecule has 2 saturated heterocycles. The van der Waals surface area contributed by atoms with Crippen molar-refractivity contribution in [3.63, 3.8) is 0 Å². The number of ether oxygens (including phenoxy) is 1. The minimum Gasteiger partial charge on any atom is -0.379 e. The highest BCUT2D eigenvalue weighted by molar-refractivity contribution is 5.97. The molecule has 2 aliphatic rings. The van der Waals surface area contributed by atoms with Crippen LogP contribution in [0.3, 0.4) is 0 Å². The molecule has 3 rings (SSSR count). The van der Waals surface area contributed by atoms with Crippen LogP contribution in [0.1, 0.15) is 31.7 Å². The van der Waals surface area contributed by atoms with Gasteiger partial charge in [0, 0.05) is 44.8 Å². The zero-order valence-electron chi connectivity index (χ0n) is 15.7. The molecule has 0 radical (unpaired) electrons. The molecule has 1 aromatic rings. The molecule has 2 aliphatic heterocycles. The summed E-state index contributed by atoms with van der Waals surface area (Å²) < 4.78 is 5.34. The molecule has 6 heteroatoms. The fourth-order valence-corrected chi connectivity index (χ4v) is 3.45. The van der Waals surface area contributed by atoms with E-state index < -0.39 is 0 Å². The molecule has 0 spiro atoms. The molecule has 1 aromatic carbocycles. The molecule has 0 saturated carbocycles. The van der Waals surface area contributed by atoms with Crippen molar-refractivity contribution in [2.45, 2.75) is 26.2 Å². The van der Waals surface area contributed by atoms with E-state index in [9.17, 15) is 9.59 Å². The lowest BCUT2D eigenvalue weighted by atomic mass is 10.0. The summed E-state index contributed by atoms with van der Waals surface area (Å²) in [5, 5.41) is 2.95. The highest BCUT2D eigenvalue weighted by Crippen LogP contribution is 2.21. The SMILES string of the molecule is CC(C)c1ccc(NC(=O)C2CC(=O)N(CCN3CCOCC3)C2)cc1. The normalized spacial score (nSPS) is 21.4. The Morgan fingerprint density at radius 3 is 2.54 bits per heavy atom. The zero-order valence-corrected chi connectivity index (χ0v) is 15.7. The summed E-state index contributed by atoms with van der Waals surface area (Å²) in [6, 6.07) is 7.93. The van der Waals surface area contributed by atoms with Gasteiger partial charge >= 0.3 is 0 Å². The molecule has 1 atom stereocenters. The van der Waals surface area contributed by atoms with Gasteiger partial charge in [0.15, 0.2) is 0 Å². The average Bonchev–Trinajstić information content (AvgIpc) is 3.02. The number of hydrogen-bond acceptors (Lipinski definition) is 4. The van der Waals surface area contributed by atoms with E-state index in [1.165, 1.54) is 5.56 Å². The van der Waals surface area contributed by atoms with E-state index >= 15 is 0 Å². The fraction of sp³-hybridized carbons (Fsp3) is 0.600. The van der Waals surface area contributed by atoms with Crippen LogP contribution >= 0.6 is 0 Å². The number of benzene rings is 1. The summed E-state index contributed by atoms with van der Waals surface area (Å²) >= 11 is 0. The molecule has 2 fully saturated rings. The molecular formula is C20H29N3O3. The van der Waals surface area contributed by atoms with E-state index in [0.717, 1.165) is 38.5 Å². The first-order chi connectivity index (χ1) is 12.5. The molecule has 0 bridgehead atoms. The molecule has 1 N–H and O–H groups in total. The Morgan fingerprint density at radius 2 is 1.88 bits per heavy atom. The highest BCUT2D eigenvalue weighted by Gasteiger charge is 2.34. The number of carbonyl (C=O) groups excluding carboxylic acids is 2. The van der Waals surface area contributed by atoms with Crippen LogP contribution in [0, 0.1) is 5.92 Å². The molecule has 142 valence electrons. The van der Waals surface area contributed by atoms with Crippen LogP contribution in [0.2, 0.25) is 0 Å². The second-order valence-corrected chi connectivity index (χ2v) is 7.46. The lowest BCUT2D eigenvalue weighted by Gasteiger charge is -2.28. The van der Waals surface area contributed by atoms with Crippen molar-refractivity contribution < 1.29 is 14.3 Å². The van der Waals surface area contributed by atoms with Gasteiger partial charge in [-0.25, -0.2) is 0 Å². The van der Waals surface area contributed by atoms with Gasteiger partial charge in [0.25, 0.3) is 0 Å². The number of amides is 2. The van der Waals surface area contributed by atoms with Crippen LogP contribution in [0.5, 0.6) is 0 Å². The first kappa shape index (κ1) is 18.9. The second-order valence-electron chi connectivity index (χ2n) is 7.46. The van der Waals surface area contributed by atoms with Crippen LogP contribution in [-0.4, -0.2) is 67.6 Å². The van der Waals surface area contributed by atoms with E-state index in [1.54, 1.807) is 0 Å². The Kier molecular flexibility index (Phi) is 6.27. The van der Waals surface area contributed by atoms with E-state index in [0.29, 0.717) is 25.4 Å². The smallest absolute Gasteiger partial charge is 0.229 e. The van der Waals surface area contributed by atoms with Gasteiger partial charge in [0.05, 0.1) is 19.1 Å². The zero-order chi connectivity index (χ0) is 18.5. The van der Waals surface area contributed by atoms with Gasteiger partial charge in [0.1, 0.15) is 0 Å². The first-order valence-corrected chi connectivity index (χ1v) is 9.51. The van der Waals surface area contributed by atoms with Crippen molar-refractivity contribution in [3.05, 3.63) is 29.8 Å². The van der Waals surface area contributed by atoms with Crippen molar-refractivity contribution in [2.24, 2.45) is 5.92 Å². The standard InChI is InChI=1S/C20H29N3O3/c1-15(2)16-3-5-18(6-4-16)21-20(25)17-13-19(24)23(14-17)8-7-22-9-11-26-12-10-22/h3-6,15,17H,7-14H2,1-2H3,(H,21,25). The predicted octanol–water partition coefficient (Wildman–Crippen LogP) is 1.93. The summed E-state index contributed by atoms with van der Waals surface area (Å²) in [5.41, 5.74) is 2.03. The van der Waals surface area contributed by atoms with Gasteiger partial charge < -0.3 is 15.0 Å². The van der Waals surface area contributed by atoms with Crippen molar-refractivity contribution in [2.75, 3.05) is 51.3 Å². The molecule has 2 heterocycles. The van der Waals surface area contributed by atoms with E-state index in [2.05, 4.69) is 24.1 Å². The number of hydrogen-bond donors (Lipinski definition) is 1. The number of rotatable bonds is 6. The Morgan fingerprint density at radius 1 is 1.19 bits per heavy atom. The molecule has 0 aliphatic carbocycles. The van der Waals surface area contributed by atoms with Crippen molar-refractivity contribution >= 4 is 17.5 Å². The summed E-state index contributed by atoms with van der Waals surface area (Å²) in [5.74, 6) is 0.210. The van der Waals surface area contributed by atoms with Crippen LogP contribution in [0.25, 0.3) is 0 Å². The van der Waals surface area contributed by atoms with Crippen molar-refractivity contribution in [3.8, 4) is 0 Å². The summed E-state index contributed by atoms with van der Waals surface area (Å²) in [7, 11) is 0. The summed E-state index contributed by atoms with van der Waals surface area (Å²) in [4.78, 5) is 28.9. The summed E-state index contributed by atoms with van der Waals surface area (Å²) in [6.45, 7) is 9.68. The number of likely N-dealkylation sites (tertiary alicyclic amines) is 1. The molecule has 1 unspecified atom stereocenters. The Bertz CT molecular complexity index is 624. The average molecular weight is 359 g/mol. The van der Waals surface area contributed by atoms with Crippen molar-refractivity contribution in [1.29, 1.82) is 0 Å². The minimum atomic E-state index is -0.267.